The van der Waals surface area contributed by atoms with Gasteiger partial charge in [0.25, 0.3) is 5.56 Å². The average Bonchev–Trinajstić information content (AvgIpc) is 3.19. The highest BCUT2D eigenvalue weighted by Gasteiger charge is 2.57. The normalized spacial score (nSPS) is 33.8. The second kappa shape index (κ2) is 8.76. The Labute approximate surface area is 189 Å². The fourth-order valence-electron chi connectivity index (χ4n) is 6.57. The number of amides is 1. The molecule has 3 atom stereocenters. The number of carbonyl (C=O) groups excluding carboxylic acids is 1. The molecule has 0 aromatic carbocycles. The third-order valence-electron chi connectivity index (χ3n) is 7.36. The third-order valence-corrected chi connectivity index (χ3v) is 7.36. The van der Waals surface area contributed by atoms with E-state index < -0.39 is 28.5 Å². The van der Waals surface area contributed by atoms with Crippen molar-refractivity contribution in [3.63, 3.8) is 0 Å². The quantitative estimate of drug-likeness (QED) is 0.415. The van der Waals surface area contributed by atoms with Gasteiger partial charge < -0.3 is 25.4 Å². The van der Waals surface area contributed by atoms with E-state index in [0.717, 1.165) is 51.0 Å². The maximum atomic E-state index is 12.4. The molecule has 1 aromatic rings. The minimum atomic E-state index is -1.34. The van der Waals surface area contributed by atoms with Gasteiger partial charge >= 0.3 is 11.7 Å². The molecule has 0 radical (unpaired) electrons. The number of H-pyrrole nitrogens is 2. The van der Waals surface area contributed by atoms with Crippen molar-refractivity contribution in [2.24, 2.45) is 11.8 Å². The van der Waals surface area contributed by atoms with Crippen LogP contribution in [0.5, 0.6) is 0 Å². The van der Waals surface area contributed by atoms with Gasteiger partial charge in [0.2, 0.25) is 5.91 Å². The van der Waals surface area contributed by atoms with Gasteiger partial charge in [-0.2, -0.15) is 5.26 Å². The Bertz CT molecular complexity index is 1050. The Morgan fingerprint density at radius 1 is 1.21 bits per heavy atom. The maximum Gasteiger partial charge on any atom is 0.352 e. The number of aromatic nitrogens is 2. The number of likely N-dealkylation sites (tertiary alicyclic amines) is 1. The van der Waals surface area contributed by atoms with Crippen molar-refractivity contribution in [3.05, 3.63) is 32.6 Å². The highest BCUT2D eigenvalue weighted by Crippen LogP contribution is 2.57. The van der Waals surface area contributed by atoms with Crippen molar-refractivity contribution >= 4 is 11.9 Å². The molecule has 4 saturated carbocycles. The molecule has 5 aliphatic rings. The average molecular weight is 460 g/mol. The topological polar surface area (TPSA) is 179 Å². The SMILES string of the molecule is N#C[C@@H]1CCCN1C(=O)CNC12CC3CC(CC(O)(C3)C1)C2.O=C(O)c1cc(=O)[nH]c(=O)[nH]1. The van der Waals surface area contributed by atoms with E-state index in [4.69, 9.17) is 10.4 Å². The van der Waals surface area contributed by atoms with Gasteiger partial charge in [0.05, 0.1) is 18.2 Å². The molecule has 4 aliphatic carbocycles. The van der Waals surface area contributed by atoms with Crippen molar-refractivity contribution in [2.75, 3.05) is 13.1 Å². The highest BCUT2D eigenvalue weighted by molar-refractivity contribution is 5.84. The predicted octanol–water partition coefficient (Wildman–Crippen LogP) is -0.0643. The van der Waals surface area contributed by atoms with Gasteiger partial charge in [0.1, 0.15) is 11.7 Å². The zero-order valence-corrected chi connectivity index (χ0v) is 18.3. The zero-order valence-electron chi connectivity index (χ0n) is 18.3. The van der Waals surface area contributed by atoms with Gasteiger partial charge in [-0.1, -0.05) is 0 Å². The summed E-state index contributed by atoms with van der Waals surface area (Å²) in [6.45, 7) is 1.02. The number of hydrogen-bond acceptors (Lipinski definition) is 7. The summed E-state index contributed by atoms with van der Waals surface area (Å²) in [5.74, 6) is -0.0556. The van der Waals surface area contributed by atoms with E-state index in [9.17, 15) is 24.3 Å². The summed E-state index contributed by atoms with van der Waals surface area (Å²) >= 11 is 0. The monoisotopic (exact) mass is 459 g/mol. The number of carboxylic acid groups (broad SMARTS) is 1. The summed E-state index contributed by atoms with van der Waals surface area (Å²) in [4.78, 5) is 49.0. The molecular formula is C22H29N5O6. The summed E-state index contributed by atoms with van der Waals surface area (Å²) < 4.78 is 0. The van der Waals surface area contributed by atoms with Gasteiger partial charge in [-0.15, -0.1) is 0 Å². The lowest BCUT2D eigenvalue weighted by Gasteiger charge is -2.60. The number of nitrogens with zero attached hydrogens (tertiary/aromatic N) is 2. The summed E-state index contributed by atoms with van der Waals surface area (Å²) in [6.07, 6.45) is 7.87. The van der Waals surface area contributed by atoms with Crippen molar-refractivity contribution in [2.45, 2.75) is 68.5 Å². The maximum absolute atomic E-state index is 12.4. The summed E-state index contributed by atoms with van der Waals surface area (Å²) in [5.41, 5.74) is -2.51. The molecular weight excluding hydrogens is 430 g/mol. The van der Waals surface area contributed by atoms with Crippen molar-refractivity contribution in [1.29, 1.82) is 5.26 Å². The molecule has 2 unspecified atom stereocenters. The Hall–Kier alpha value is -2.97. The molecule has 1 saturated heterocycles. The van der Waals surface area contributed by atoms with Crippen LogP contribution in [0.1, 0.15) is 61.9 Å². The number of carboxylic acids is 1. The van der Waals surface area contributed by atoms with E-state index in [1.165, 1.54) is 6.42 Å². The molecule has 5 N–H and O–H groups in total. The first kappa shape index (κ1) is 23.2. The number of aliphatic hydroxyl groups is 1. The zero-order chi connectivity index (χ0) is 23.8. The van der Waals surface area contributed by atoms with E-state index >= 15 is 0 Å². The molecule has 5 fully saturated rings. The van der Waals surface area contributed by atoms with Gasteiger partial charge in [-0.05, 0) is 63.2 Å². The number of aromatic amines is 2. The number of nitrogens with one attached hydrogen (secondary N) is 3. The lowest BCUT2D eigenvalue weighted by atomic mass is 9.51. The fraction of sp³-hybridized carbons (Fsp3) is 0.682. The summed E-state index contributed by atoms with van der Waals surface area (Å²) in [7, 11) is 0. The molecule has 11 heteroatoms. The molecule has 4 bridgehead atoms. The molecule has 11 nitrogen and oxygen atoms in total. The summed E-state index contributed by atoms with van der Waals surface area (Å²) in [5, 5.41) is 31.7. The van der Waals surface area contributed by atoms with Crippen LogP contribution in [-0.4, -0.2) is 67.2 Å². The van der Waals surface area contributed by atoms with Crippen molar-refractivity contribution in [1.82, 2.24) is 20.2 Å². The fourth-order valence-corrected chi connectivity index (χ4v) is 6.57. The first-order chi connectivity index (χ1) is 15.6. The lowest BCUT2D eigenvalue weighted by molar-refractivity contribution is -0.147. The molecule has 0 spiro atoms. The van der Waals surface area contributed by atoms with Crippen molar-refractivity contribution in [3.8, 4) is 6.07 Å². The van der Waals surface area contributed by atoms with E-state index in [1.807, 2.05) is 9.97 Å². The van der Waals surface area contributed by atoms with Crippen LogP contribution in [0.2, 0.25) is 0 Å². The minimum absolute atomic E-state index is 0.0453. The number of carbonyl (C=O) groups is 2. The number of hydrogen-bond donors (Lipinski definition) is 5. The van der Waals surface area contributed by atoms with Crippen molar-refractivity contribution < 1.29 is 19.8 Å². The van der Waals surface area contributed by atoms with Crippen LogP contribution in [0.25, 0.3) is 0 Å². The first-order valence-corrected chi connectivity index (χ1v) is 11.3. The van der Waals surface area contributed by atoms with Gasteiger partial charge in [-0.3, -0.25) is 14.6 Å². The molecule has 2 heterocycles. The van der Waals surface area contributed by atoms with Crippen LogP contribution < -0.4 is 16.6 Å². The molecule has 33 heavy (non-hydrogen) atoms. The van der Waals surface area contributed by atoms with Gasteiger partial charge in [0, 0.05) is 18.2 Å². The largest absolute Gasteiger partial charge is 0.477 e. The Balaban J connectivity index is 0.000000200. The van der Waals surface area contributed by atoms with Crippen LogP contribution in [-0.2, 0) is 4.79 Å². The third kappa shape index (κ3) is 5.02. The number of nitriles is 1. The van der Waals surface area contributed by atoms with E-state index in [-0.39, 0.29) is 17.5 Å². The van der Waals surface area contributed by atoms with E-state index in [2.05, 4.69) is 11.4 Å². The van der Waals surface area contributed by atoms with Crippen LogP contribution >= 0.6 is 0 Å². The Kier molecular flexibility index (Phi) is 6.16. The minimum Gasteiger partial charge on any atom is -0.477 e. The van der Waals surface area contributed by atoms with Crippen LogP contribution in [0.3, 0.4) is 0 Å². The van der Waals surface area contributed by atoms with Gasteiger partial charge in [-0.25, -0.2) is 9.59 Å². The predicted molar refractivity (Wildman–Crippen MR) is 115 cm³/mol. The van der Waals surface area contributed by atoms with Gasteiger partial charge in [0.15, 0.2) is 0 Å². The molecule has 1 aliphatic heterocycles. The molecule has 178 valence electrons. The standard InChI is InChI=1S/C17H25N3O2.C5H4N2O4/c18-9-14-2-1-3-20(14)15(21)10-19-16-5-12-4-13(6-16)8-17(22,7-12)11-16;8-3-1-2(4(9)10)6-5(11)7-3/h12-14,19,22H,1-8,10-11H2;1H,(H,9,10)(H2,6,7,8,11)/t12?,13?,14-,16?,17?;/m0./s1. The molecule has 1 aromatic heterocycles. The Morgan fingerprint density at radius 3 is 2.48 bits per heavy atom. The van der Waals surface area contributed by atoms with Crippen LogP contribution in [0.15, 0.2) is 15.7 Å². The second-order valence-electron chi connectivity index (χ2n) is 10.0. The summed E-state index contributed by atoms with van der Waals surface area (Å²) in [6, 6.07) is 2.79. The first-order valence-electron chi connectivity index (χ1n) is 11.3. The van der Waals surface area contributed by atoms with Crippen LogP contribution in [0, 0.1) is 23.2 Å². The molecule has 1 amide bonds. The van der Waals surface area contributed by atoms with E-state index in [0.29, 0.717) is 24.9 Å². The number of rotatable bonds is 4. The second-order valence-corrected chi connectivity index (χ2v) is 10.0. The molecule has 6 rings (SSSR count). The van der Waals surface area contributed by atoms with E-state index in [1.54, 1.807) is 4.90 Å². The van der Waals surface area contributed by atoms with Crippen LogP contribution in [0.4, 0.5) is 0 Å². The number of aromatic carboxylic acids is 1. The Morgan fingerprint density at radius 2 is 1.91 bits per heavy atom. The lowest BCUT2D eigenvalue weighted by Crippen LogP contribution is -2.65. The smallest absolute Gasteiger partial charge is 0.352 e. The highest BCUT2D eigenvalue weighted by atomic mass is 16.4.